The van der Waals surface area contributed by atoms with Crippen molar-refractivity contribution in [3.63, 3.8) is 0 Å². The van der Waals surface area contributed by atoms with Gasteiger partial charge in [0.15, 0.2) is 0 Å². The van der Waals surface area contributed by atoms with Gasteiger partial charge in [-0.2, -0.15) is 5.06 Å². The Morgan fingerprint density at radius 2 is 1.15 bits per heavy atom. The van der Waals surface area contributed by atoms with E-state index in [-0.39, 0.29) is 0 Å². The van der Waals surface area contributed by atoms with E-state index in [0.29, 0.717) is 11.8 Å². The van der Waals surface area contributed by atoms with Crippen LogP contribution in [0.1, 0.15) is 72.9 Å². The predicted octanol–water partition coefficient (Wildman–Crippen LogP) is 13.9. The van der Waals surface area contributed by atoms with Crippen LogP contribution in [-0.4, -0.2) is 16.6 Å². The number of anilines is 3. The second kappa shape index (κ2) is 13.8. The van der Waals surface area contributed by atoms with E-state index >= 15 is 0 Å². The van der Waals surface area contributed by atoms with Crippen molar-refractivity contribution in [3.8, 4) is 28.1 Å². The number of pyridine rings is 1. The lowest BCUT2D eigenvalue weighted by Crippen LogP contribution is -2.29. The molecular formula is C55H46N4O. The van der Waals surface area contributed by atoms with Crippen molar-refractivity contribution in [2.75, 3.05) is 17.2 Å². The van der Waals surface area contributed by atoms with Gasteiger partial charge in [-0.05, 0) is 116 Å². The zero-order valence-electron chi connectivity index (χ0n) is 34.6. The fourth-order valence-electron chi connectivity index (χ4n) is 10.2. The van der Waals surface area contributed by atoms with Gasteiger partial charge in [-0.15, -0.1) is 4.94 Å². The predicted molar refractivity (Wildman–Crippen MR) is 248 cm³/mol. The number of nitrogens with zero attached hydrogens (tertiary/aromatic N) is 4. The molecule has 5 heteroatoms. The number of para-hydroxylation sites is 3. The van der Waals surface area contributed by atoms with Crippen LogP contribution in [0.3, 0.4) is 0 Å². The van der Waals surface area contributed by atoms with Crippen LogP contribution >= 0.6 is 0 Å². The monoisotopic (exact) mass is 778 g/mol. The Bertz CT molecular complexity index is 3070. The number of aromatic nitrogens is 2. The summed E-state index contributed by atoms with van der Waals surface area (Å²) in [6, 6.07) is 62.3. The second-order valence-corrected chi connectivity index (χ2v) is 16.9. The Labute approximate surface area is 351 Å². The standard InChI is InChI=1S/C55H46N4O/c1-35(2)41-21-15-22-42(36(3)4)54(41)37-30-31-56-53(32-37)58-49-25-11-8-20-45(49)46-29-28-39(34-52(46)58)55(47-23-9-6-18-43(47)44-19-7-10-24-48(44)55)38-16-14-17-40(33-38)59-51-27-13-12-26-50(51)57(5)60-59/h6-36H,1-5H3. The van der Waals surface area contributed by atoms with Gasteiger partial charge in [0.25, 0.3) is 0 Å². The van der Waals surface area contributed by atoms with Crippen LogP contribution in [0.5, 0.6) is 0 Å². The highest BCUT2D eigenvalue weighted by atomic mass is 16.8. The van der Waals surface area contributed by atoms with Gasteiger partial charge in [0.1, 0.15) is 5.82 Å². The molecule has 0 bridgehead atoms. The lowest BCUT2D eigenvalue weighted by Gasteiger charge is -2.34. The number of benzene rings is 7. The van der Waals surface area contributed by atoms with Crippen molar-refractivity contribution in [2.45, 2.75) is 44.9 Å². The second-order valence-electron chi connectivity index (χ2n) is 16.9. The Hall–Kier alpha value is -6.95. The molecule has 1 aliphatic carbocycles. The molecule has 60 heavy (non-hydrogen) atoms. The zero-order chi connectivity index (χ0) is 40.7. The minimum Gasteiger partial charge on any atom is -0.294 e. The summed E-state index contributed by atoms with van der Waals surface area (Å²) in [7, 11) is 1.96. The maximum absolute atomic E-state index is 6.41. The number of rotatable bonds is 7. The molecule has 0 saturated heterocycles. The number of hydrogen-bond donors (Lipinski definition) is 0. The summed E-state index contributed by atoms with van der Waals surface area (Å²) in [5, 5.41) is 6.18. The quantitative estimate of drug-likeness (QED) is 0.161. The molecule has 292 valence electrons. The third kappa shape index (κ3) is 5.25. The van der Waals surface area contributed by atoms with Crippen LogP contribution in [0.2, 0.25) is 0 Å². The van der Waals surface area contributed by atoms with E-state index in [0.717, 1.165) is 33.9 Å². The van der Waals surface area contributed by atoms with Crippen LogP contribution in [0.15, 0.2) is 176 Å². The molecule has 0 spiro atoms. The van der Waals surface area contributed by atoms with E-state index in [1.165, 1.54) is 66.4 Å². The van der Waals surface area contributed by atoms with Crippen molar-refractivity contribution in [1.82, 2.24) is 9.55 Å². The van der Waals surface area contributed by atoms with Crippen molar-refractivity contribution < 1.29 is 4.94 Å². The molecule has 0 N–H and O–H groups in total. The summed E-state index contributed by atoms with van der Waals surface area (Å²) in [5.74, 6) is 1.66. The Balaban J connectivity index is 1.18. The van der Waals surface area contributed by atoms with E-state index < -0.39 is 5.41 Å². The van der Waals surface area contributed by atoms with Gasteiger partial charge < -0.3 is 0 Å². The third-order valence-corrected chi connectivity index (χ3v) is 12.9. The molecule has 0 unspecified atom stereocenters. The van der Waals surface area contributed by atoms with Crippen LogP contribution in [0.4, 0.5) is 17.1 Å². The lowest BCUT2D eigenvalue weighted by molar-refractivity contribution is 0.142. The van der Waals surface area contributed by atoms with Gasteiger partial charge in [-0.25, -0.2) is 10.0 Å². The van der Waals surface area contributed by atoms with Crippen LogP contribution in [-0.2, 0) is 10.4 Å². The Kier molecular flexibility index (Phi) is 8.33. The topological polar surface area (TPSA) is 33.5 Å². The molecule has 7 aromatic carbocycles. The van der Waals surface area contributed by atoms with Gasteiger partial charge in [-0.1, -0.05) is 149 Å². The maximum atomic E-state index is 6.41. The largest absolute Gasteiger partial charge is 0.294 e. The molecule has 1 aliphatic heterocycles. The minimum absolute atomic E-state index is 0.380. The van der Waals surface area contributed by atoms with Crippen molar-refractivity contribution in [3.05, 3.63) is 209 Å². The molecule has 0 saturated carbocycles. The van der Waals surface area contributed by atoms with E-state index in [1.807, 2.05) is 23.4 Å². The highest BCUT2D eigenvalue weighted by molar-refractivity contribution is 6.09. The van der Waals surface area contributed by atoms with Gasteiger partial charge in [0.05, 0.1) is 33.5 Å². The number of hydroxylamine groups is 1. The molecule has 2 aliphatic rings. The first-order chi connectivity index (χ1) is 29.3. The molecule has 0 amide bonds. The Morgan fingerprint density at radius 3 is 1.88 bits per heavy atom. The SMILES string of the molecule is CC(C)c1cccc(C(C)C)c1-c1ccnc(-n2c3ccccc3c3ccc(C4(c5cccc(N6ON(C)c7ccccc76)c5)c5ccccc5-c5ccccc54)cc32)c1. The lowest BCUT2D eigenvalue weighted by atomic mass is 9.67. The first-order valence-corrected chi connectivity index (χ1v) is 21.1. The van der Waals surface area contributed by atoms with Gasteiger partial charge in [-0.3, -0.25) is 4.57 Å². The normalized spacial score (nSPS) is 14.1. The average Bonchev–Trinajstić information content (AvgIpc) is 3.91. The molecular weight excluding hydrogens is 733 g/mol. The summed E-state index contributed by atoms with van der Waals surface area (Å²) in [4.78, 5) is 11.6. The van der Waals surface area contributed by atoms with Gasteiger partial charge in [0.2, 0.25) is 0 Å². The minimum atomic E-state index is -0.637. The molecule has 0 radical (unpaired) electrons. The van der Waals surface area contributed by atoms with Crippen molar-refractivity contribution in [1.29, 1.82) is 0 Å². The van der Waals surface area contributed by atoms with Crippen molar-refractivity contribution >= 4 is 38.9 Å². The highest BCUT2D eigenvalue weighted by Crippen LogP contribution is 2.57. The maximum Gasteiger partial charge on any atom is 0.138 e. The molecule has 0 atom stereocenters. The summed E-state index contributed by atoms with van der Waals surface area (Å²) in [5.41, 5.74) is 17.2. The highest BCUT2D eigenvalue weighted by Gasteiger charge is 2.46. The molecule has 11 rings (SSSR count). The van der Waals surface area contributed by atoms with E-state index in [9.17, 15) is 0 Å². The zero-order valence-corrected chi connectivity index (χ0v) is 34.6. The van der Waals surface area contributed by atoms with E-state index in [4.69, 9.17) is 9.92 Å². The first kappa shape index (κ1) is 36.2. The molecule has 3 heterocycles. The fraction of sp³-hybridized carbons (Fsp3) is 0.145. The average molecular weight is 779 g/mol. The van der Waals surface area contributed by atoms with Crippen LogP contribution in [0, 0.1) is 0 Å². The summed E-state index contributed by atoms with van der Waals surface area (Å²) < 4.78 is 2.38. The van der Waals surface area contributed by atoms with E-state index in [1.54, 1.807) is 0 Å². The molecule has 5 nitrogen and oxygen atoms in total. The fourth-order valence-corrected chi connectivity index (χ4v) is 10.2. The van der Waals surface area contributed by atoms with Crippen LogP contribution in [0.25, 0.3) is 49.9 Å². The Morgan fingerprint density at radius 1 is 0.533 bits per heavy atom. The third-order valence-electron chi connectivity index (χ3n) is 12.9. The number of hydrogen-bond acceptors (Lipinski definition) is 4. The smallest absolute Gasteiger partial charge is 0.138 e. The summed E-state index contributed by atoms with van der Waals surface area (Å²) >= 11 is 0. The summed E-state index contributed by atoms with van der Waals surface area (Å²) in [6.45, 7) is 9.17. The number of fused-ring (bicyclic) bond motifs is 7. The molecule has 9 aromatic rings. The van der Waals surface area contributed by atoms with Crippen molar-refractivity contribution in [2.24, 2.45) is 0 Å². The van der Waals surface area contributed by atoms with E-state index in [2.05, 4.69) is 202 Å². The van der Waals surface area contributed by atoms with Gasteiger partial charge in [0, 0.05) is 24.0 Å². The summed E-state index contributed by atoms with van der Waals surface area (Å²) in [6.07, 6.45) is 1.99. The van der Waals surface area contributed by atoms with Gasteiger partial charge >= 0.3 is 0 Å². The van der Waals surface area contributed by atoms with Crippen LogP contribution < -0.4 is 10.1 Å². The molecule has 2 aromatic heterocycles. The molecule has 0 fully saturated rings. The first-order valence-electron chi connectivity index (χ1n) is 21.1.